The number of hydrogen-bond acceptors (Lipinski definition) is 8. The van der Waals surface area contributed by atoms with Crippen molar-refractivity contribution in [2.75, 3.05) is 47.5 Å². The minimum Gasteiger partial charge on any atom is -0.756 e. The molecule has 49 heavy (non-hydrogen) atoms. The summed E-state index contributed by atoms with van der Waals surface area (Å²) >= 11 is 0. The van der Waals surface area contributed by atoms with Crippen molar-refractivity contribution in [3.63, 3.8) is 0 Å². The first kappa shape index (κ1) is 48.0. The smallest absolute Gasteiger partial charge is 0.306 e. The third-order valence-electron chi connectivity index (χ3n) is 8.85. The maximum atomic E-state index is 12.3. The maximum Gasteiger partial charge on any atom is 0.306 e. The van der Waals surface area contributed by atoms with Gasteiger partial charge in [-0.3, -0.25) is 14.2 Å². The topological polar surface area (TPSA) is 111 Å². The van der Waals surface area contributed by atoms with E-state index in [9.17, 15) is 19.0 Å². The van der Waals surface area contributed by atoms with Gasteiger partial charge in [0.2, 0.25) is 0 Å². The van der Waals surface area contributed by atoms with Crippen LogP contribution in [0.25, 0.3) is 0 Å². The Labute approximate surface area is 302 Å². The second-order valence-electron chi connectivity index (χ2n) is 15.0. The minimum absolute atomic E-state index is 0.0286. The van der Waals surface area contributed by atoms with Crippen molar-refractivity contribution >= 4 is 19.8 Å². The number of phosphoric acid groups is 1. The Balaban J connectivity index is 3.75. The van der Waals surface area contributed by atoms with Crippen molar-refractivity contribution in [1.29, 1.82) is 0 Å². The van der Waals surface area contributed by atoms with E-state index < -0.39 is 26.5 Å². The van der Waals surface area contributed by atoms with Gasteiger partial charge in [0.15, 0.2) is 6.10 Å². The highest BCUT2D eigenvalue weighted by Crippen LogP contribution is 2.38. The monoisotopic (exact) mass is 720 g/mol. The maximum absolute atomic E-state index is 12.3. The largest absolute Gasteiger partial charge is 0.756 e. The van der Waals surface area contributed by atoms with Gasteiger partial charge in [0.25, 0.3) is 7.82 Å². The number of rotatable bonds is 37. The highest BCUT2D eigenvalue weighted by atomic mass is 31.2. The molecule has 0 aliphatic heterocycles. The number of quaternary nitrogens is 1. The van der Waals surface area contributed by atoms with Crippen LogP contribution in [-0.2, 0) is 32.7 Å². The van der Waals surface area contributed by atoms with Gasteiger partial charge in [0, 0.05) is 12.8 Å². The summed E-state index contributed by atoms with van der Waals surface area (Å²) in [5.41, 5.74) is 0. The number of esters is 2. The normalized spacial score (nSPS) is 13.7. The van der Waals surface area contributed by atoms with Gasteiger partial charge in [0.05, 0.1) is 27.7 Å². The first-order valence-corrected chi connectivity index (χ1v) is 21.7. The molecule has 10 heteroatoms. The molecule has 0 saturated carbocycles. The molecule has 0 heterocycles. The van der Waals surface area contributed by atoms with Crippen molar-refractivity contribution in [2.45, 2.75) is 193 Å². The molecule has 2 atom stereocenters. The molecule has 1 unspecified atom stereocenters. The Hall–Kier alpha value is -0.990. The Morgan fingerprint density at radius 2 is 0.959 bits per heavy atom. The average molecular weight is 720 g/mol. The van der Waals surface area contributed by atoms with E-state index >= 15 is 0 Å². The third kappa shape index (κ3) is 36.6. The number of carbonyl (C=O) groups excluding carboxylic acids is 2. The van der Waals surface area contributed by atoms with Crippen LogP contribution >= 0.6 is 7.82 Å². The molecule has 0 rings (SSSR count). The molecule has 0 aromatic heterocycles. The van der Waals surface area contributed by atoms with E-state index in [1.807, 2.05) is 28.1 Å². The van der Waals surface area contributed by atoms with E-state index in [4.69, 9.17) is 18.5 Å². The van der Waals surface area contributed by atoms with E-state index in [2.05, 4.69) is 6.92 Å². The molecule has 9 nitrogen and oxygen atoms in total. The molecule has 0 aliphatic carbocycles. The van der Waals surface area contributed by atoms with Crippen molar-refractivity contribution in [1.82, 2.24) is 0 Å². The molecule has 0 bridgehead atoms. The SMILES string of the molecule is CCCCCCCCCCCCCCCCCCCCCCCCCCC(=O)OC[C@H](COP(=O)([O-])OCC[N+](C)(C)C)OC(=O)CCC. The Morgan fingerprint density at radius 1 is 0.551 bits per heavy atom. The fourth-order valence-electron chi connectivity index (χ4n) is 5.69. The van der Waals surface area contributed by atoms with Gasteiger partial charge in [-0.2, -0.15) is 0 Å². The summed E-state index contributed by atoms with van der Waals surface area (Å²) in [4.78, 5) is 36.4. The standard InChI is InChI=1S/C39H78NO8P/c1-6-8-9-10-11-12-13-14-15-16-17-18-19-20-21-22-23-24-25-26-27-28-29-30-32-38(41)45-35-37(48-39(42)31-7-2)36-47-49(43,44)46-34-33-40(3,4)5/h37H,6-36H2,1-5H3/t37-/m1/s1. The Kier molecular flexibility index (Phi) is 32.2. The van der Waals surface area contributed by atoms with Crippen LogP contribution in [-0.4, -0.2) is 70.0 Å². The lowest BCUT2D eigenvalue weighted by atomic mass is 10.0. The summed E-state index contributed by atoms with van der Waals surface area (Å²) in [5.74, 6) is -0.885. The summed E-state index contributed by atoms with van der Waals surface area (Å²) in [6.45, 7) is 3.84. The summed E-state index contributed by atoms with van der Waals surface area (Å²) in [5, 5.41) is 0. The molecule has 0 aromatic carbocycles. The van der Waals surface area contributed by atoms with Gasteiger partial charge in [-0.25, -0.2) is 0 Å². The first-order chi connectivity index (χ1) is 23.5. The minimum atomic E-state index is -4.58. The highest BCUT2D eigenvalue weighted by Gasteiger charge is 2.21. The second-order valence-corrected chi connectivity index (χ2v) is 16.4. The zero-order valence-corrected chi connectivity index (χ0v) is 33.6. The lowest BCUT2D eigenvalue weighted by Gasteiger charge is -2.28. The van der Waals surface area contributed by atoms with Crippen molar-refractivity contribution < 1.29 is 42.1 Å². The average Bonchev–Trinajstić information content (AvgIpc) is 3.03. The van der Waals surface area contributed by atoms with E-state index in [-0.39, 0.29) is 32.0 Å². The number of likely N-dealkylation sites (N-methyl/N-ethyl adjacent to an activating group) is 1. The lowest BCUT2D eigenvalue weighted by molar-refractivity contribution is -0.870. The molecular weight excluding hydrogens is 641 g/mol. The van der Waals surface area contributed by atoms with Crippen molar-refractivity contribution in [3.05, 3.63) is 0 Å². The molecule has 0 aliphatic rings. The number of carbonyl (C=O) groups is 2. The Bertz CT molecular complexity index is 819. The highest BCUT2D eigenvalue weighted by molar-refractivity contribution is 7.45. The van der Waals surface area contributed by atoms with Gasteiger partial charge < -0.3 is 27.9 Å². The number of hydrogen-bond donors (Lipinski definition) is 0. The van der Waals surface area contributed by atoms with E-state index in [1.165, 1.54) is 135 Å². The van der Waals surface area contributed by atoms with Crippen LogP contribution < -0.4 is 4.89 Å². The fourth-order valence-corrected chi connectivity index (χ4v) is 6.42. The summed E-state index contributed by atoms with van der Waals surface area (Å²) < 4.78 is 33.1. The van der Waals surface area contributed by atoms with Crippen LogP contribution in [0.15, 0.2) is 0 Å². The second kappa shape index (κ2) is 32.9. The molecule has 292 valence electrons. The molecular formula is C39H78NO8P. The quantitative estimate of drug-likeness (QED) is 0.0270. The number of nitrogens with zero attached hydrogens (tertiary/aromatic N) is 1. The molecule has 0 fully saturated rings. The number of phosphoric ester groups is 1. The zero-order valence-electron chi connectivity index (χ0n) is 32.7. The van der Waals surface area contributed by atoms with Gasteiger partial charge in [-0.1, -0.05) is 162 Å². The predicted molar refractivity (Wildman–Crippen MR) is 199 cm³/mol. The van der Waals surface area contributed by atoms with Gasteiger partial charge in [-0.15, -0.1) is 0 Å². The molecule has 0 aromatic rings. The van der Waals surface area contributed by atoms with Crippen molar-refractivity contribution in [3.8, 4) is 0 Å². The molecule has 0 spiro atoms. The van der Waals surface area contributed by atoms with Crippen LogP contribution in [0.4, 0.5) is 0 Å². The lowest BCUT2D eigenvalue weighted by Crippen LogP contribution is -2.37. The number of ether oxygens (including phenoxy) is 2. The van der Waals surface area contributed by atoms with Crippen LogP contribution in [0, 0.1) is 0 Å². The first-order valence-electron chi connectivity index (χ1n) is 20.2. The van der Waals surface area contributed by atoms with Gasteiger partial charge in [-0.05, 0) is 12.8 Å². The van der Waals surface area contributed by atoms with Crippen LogP contribution in [0.2, 0.25) is 0 Å². The summed E-state index contributed by atoms with van der Waals surface area (Å²) in [6.07, 6.45) is 31.9. The molecule has 0 saturated heterocycles. The molecule has 0 amide bonds. The van der Waals surface area contributed by atoms with E-state index in [0.717, 1.165) is 19.3 Å². The molecule has 0 radical (unpaired) electrons. The number of unbranched alkanes of at least 4 members (excludes halogenated alkanes) is 23. The van der Waals surface area contributed by atoms with Gasteiger partial charge >= 0.3 is 11.9 Å². The summed E-state index contributed by atoms with van der Waals surface area (Å²) in [6, 6.07) is 0. The molecule has 0 N–H and O–H groups in total. The van der Waals surface area contributed by atoms with Gasteiger partial charge in [0.1, 0.15) is 19.8 Å². The van der Waals surface area contributed by atoms with Crippen LogP contribution in [0.5, 0.6) is 0 Å². The summed E-state index contributed by atoms with van der Waals surface area (Å²) in [7, 11) is 1.17. The van der Waals surface area contributed by atoms with Crippen molar-refractivity contribution in [2.24, 2.45) is 0 Å². The van der Waals surface area contributed by atoms with E-state index in [1.54, 1.807) is 0 Å². The van der Waals surface area contributed by atoms with Crippen LogP contribution in [0.3, 0.4) is 0 Å². The third-order valence-corrected chi connectivity index (χ3v) is 9.81. The predicted octanol–water partition coefficient (Wildman–Crippen LogP) is 10.2. The Morgan fingerprint density at radius 3 is 1.35 bits per heavy atom. The van der Waals surface area contributed by atoms with Crippen LogP contribution in [0.1, 0.15) is 187 Å². The van der Waals surface area contributed by atoms with E-state index in [0.29, 0.717) is 17.4 Å². The fraction of sp³-hybridized carbons (Fsp3) is 0.949. The zero-order chi connectivity index (χ0) is 36.5.